The van der Waals surface area contributed by atoms with Crippen LogP contribution in [0.1, 0.15) is 12.5 Å². The Kier molecular flexibility index (Phi) is 6.09. The Morgan fingerprint density at radius 2 is 2.17 bits per heavy atom. The molecule has 0 spiro atoms. The zero-order valence-corrected chi connectivity index (χ0v) is 11.7. The molecule has 0 saturated carbocycles. The summed E-state index contributed by atoms with van der Waals surface area (Å²) in [6, 6.07) is 5.12. The summed E-state index contributed by atoms with van der Waals surface area (Å²) in [7, 11) is 5.48. The Morgan fingerprint density at radius 1 is 1.44 bits per heavy atom. The first-order valence-corrected chi connectivity index (χ1v) is 6.22. The number of hydrogen-bond donors (Lipinski definition) is 1. The Bertz CT molecular complexity index is 371. The van der Waals surface area contributed by atoms with E-state index in [9.17, 15) is 4.39 Å². The molecule has 0 fully saturated rings. The van der Waals surface area contributed by atoms with E-state index in [2.05, 4.69) is 17.1 Å². The van der Waals surface area contributed by atoms with Gasteiger partial charge < -0.3 is 15.0 Å². The molecule has 1 unspecified atom stereocenters. The van der Waals surface area contributed by atoms with Crippen molar-refractivity contribution in [3.63, 3.8) is 0 Å². The molecular weight excluding hydrogens is 231 g/mol. The van der Waals surface area contributed by atoms with Crippen molar-refractivity contribution in [2.45, 2.75) is 13.5 Å². The van der Waals surface area contributed by atoms with E-state index in [0.29, 0.717) is 11.7 Å². The summed E-state index contributed by atoms with van der Waals surface area (Å²) < 4.78 is 18.4. The zero-order chi connectivity index (χ0) is 13.5. The SMILES string of the molecule is CNCC(C)CN(C)Cc1ccc(OC)c(F)c1. The number of methoxy groups -OCH3 is 1. The van der Waals surface area contributed by atoms with Gasteiger partial charge in [0.15, 0.2) is 11.6 Å². The second-order valence-electron chi connectivity index (χ2n) is 4.83. The monoisotopic (exact) mass is 254 g/mol. The highest BCUT2D eigenvalue weighted by Gasteiger charge is 2.08. The molecule has 102 valence electrons. The summed E-state index contributed by atoms with van der Waals surface area (Å²) in [6.45, 7) is 4.91. The first kappa shape index (κ1) is 14.9. The van der Waals surface area contributed by atoms with E-state index < -0.39 is 0 Å². The largest absolute Gasteiger partial charge is 0.494 e. The number of benzene rings is 1. The van der Waals surface area contributed by atoms with E-state index in [4.69, 9.17) is 4.74 Å². The molecule has 0 saturated heterocycles. The van der Waals surface area contributed by atoms with Crippen LogP contribution in [-0.4, -0.2) is 39.2 Å². The summed E-state index contributed by atoms with van der Waals surface area (Å²) in [4.78, 5) is 2.20. The highest BCUT2D eigenvalue weighted by molar-refractivity contribution is 5.29. The molecule has 0 heterocycles. The van der Waals surface area contributed by atoms with Crippen LogP contribution in [0.15, 0.2) is 18.2 Å². The third-order valence-electron chi connectivity index (χ3n) is 2.84. The van der Waals surface area contributed by atoms with Crippen molar-refractivity contribution in [3.05, 3.63) is 29.6 Å². The molecule has 0 radical (unpaired) electrons. The highest BCUT2D eigenvalue weighted by atomic mass is 19.1. The van der Waals surface area contributed by atoms with Gasteiger partial charge >= 0.3 is 0 Å². The van der Waals surface area contributed by atoms with Gasteiger partial charge in [-0.15, -0.1) is 0 Å². The van der Waals surface area contributed by atoms with Gasteiger partial charge in [0.05, 0.1) is 7.11 Å². The fraction of sp³-hybridized carbons (Fsp3) is 0.571. The maximum absolute atomic E-state index is 13.5. The van der Waals surface area contributed by atoms with Gasteiger partial charge in [0.2, 0.25) is 0 Å². The van der Waals surface area contributed by atoms with E-state index >= 15 is 0 Å². The van der Waals surface area contributed by atoms with Gasteiger partial charge in [-0.25, -0.2) is 4.39 Å². The van der Waals surface area contributed by atoms with Gasteiger partial charge in [-0.2, -0.15) is 0 Å². The second kappa shape index (κ2) is 7.34. The summed E-state index contributed by atoms with van der Waals surface area (Å²) >= 11 is 0. The van der Waals surface area contributed by atoms with Gasteiger partial charge in [0.1, 0.15) is 0 Å². The molecule has 1 N–H and O–H groups in total. The summed E-state index contributed by atoms with van der Waals surface area (Å²) in [5.41, 5.74) is 0.965. The molecule has 18 heavy (non-hydrogen) atoms. The van der Waals surface area contributed by atoms with Crippen LogP contribution in [-0.2, 0) is 6.54 Å². The second-order valence-corrected chi connectivity index (χ2v) is 4.83. The van der Waals surface area contributed by atoms with E-state index in [1.807, 2.05) is 20.2 Å². The van der Waals surface area contributed by atoms with Gasteiger partial charge in [-0.05, 0) is 44.3 Å². The molecule has 1 rings (SSSR count). The summed E-state index contributed by atoms with van der Waals surface area (Å²) in [6.07, 6.45) is 0. The van der Waals surface area contributed by atoms with Crippen molar-refractivity contribution in [2.75, 3.05) is 34.3 Å². The number of nitrogens with one attached hydrogen (secondary N) is 1. The fourth-order valence-electron chi connectivity index (χ4n) is 2.13. The van der Waals surface area contributed by atoms with Gasteiger partial charge in [-0.3, -0.25) is 0 Å². The number of halogens is 1. The number of rotatable bonds is 7. The van der Waals surface area contributed by atoms with Gasteiger partial charge in [0, 0.05) is 13.1 Å². The Labute approximate surface area is 109 Å². The lowest BCUT2D eigenvalue weighted by molar-refractivity contribution is 0.276. The average Bonchev–Trinajstić information content (AvgIpc) is 2.29. The standard InChI is InChI=1S/C14H23FN2O/c1-11(8-16-2)9-17(3)10-12-5-6-14(18-4)13(15)7-12/h5-7,11,16H,8-10H2,1-4H3. The molecule has 1 atom stereocenters. The maximum Gasteiger partial charge on any atom is 0.165 e. The quantitative estimate of drug-likeness (QED) is 0.806. The van der Waals surface area contributed by atoms with Gasteiger partial charge in [0.25, 0.3) is 0 Å². The number of nitrogens with zero attached hydrogens (tertiary/aromatic N) is 1. The van der Waals surface area contributed by atoms with Crippen molar-refractivity contribution in [1.29, 1.82) is 0 Å². The zero-order valence-electron chi connectivity index (χ0n) is 11.7. The minimum atomic E-state index is -0.299. The molecule has 0 aliphatic heterocycles. The van der Waals surface area contributed by atoms with Crippen LogP contribution in [0.4, 0.5) is 4.39 Å². The van der Waals surface area contributed by atoms with Crippen LogP contribution in [0.5, 0.6) is 5.75 Å². The van der Waals surface area contributed by atoms with Crippen LogP contribution in [0.25, 0.3) is 0 Å². The molecular formula is C14H23FN2O. The van der Waals surface area contributed by atoms with Crippen molar-refractivity contribution in [1.82, 2.24) is 10.2 Å². The minimum absolute atomic E-state index is 0.296. The molecule has 4 heteroatoms. The predicted molar refractivity (Wildman–Crippen MR) is 72.4 cm³/mol. The average molecular weight is 254 g/mol. The first-order chi connectivity index (χ1) is 8.56. The van der Waals surface area contributed by atoms with Crippen LogP contribution in [0.3, 0.4) is 0 Å². The minimum Gasteiger partial charge on any atom is -0.494 e. The van der Waals surface area contributed by atoms with Crippen molar-refractivity contribution in [2.24, 2.45) is 5.92 Å². The molecule has 1 aromatic rings. The first-order valence-electron chi connectivity index (χ1n) is 6.22. The Morgan fingerprint density at radius 3 is 2.72 bits per heavy atom. The van der Waals surface area contributed by atoms with Crippen LogP contribution in [0, 0.1) is 11.7 Å². The third-order valence-corrected chi connectivity index (χ3v) is 2.84. The van der Waals surface area contributed by atoms with E-state index in [-0.39, 0.29) is 5.82 Å². The highest BCUT2D eigenvalue weighted by Crippen LogP contribution is 2.18. The molecule has 0 aliphatic carbocycles. The van der Waals surface area contributed by atoms with Crippen LogP contribution in [0.2, 0.25) is 0 Å². The van der Waals surface area contributed by atoms with E-state index in [0.717, 1.165) is 25.2 Å². The Balaban J connectivity index is 2.54. The van der Waals surface area contributed by atoms with Crippen LogP contribution < -0.4 is 10.1 Å². The van der Waals surface area contributed by atoms with Crippen molar-refractivity contribution >= 4 is 0 Å². The lowest BCUT2D eigenvalue weighted by Gasteiger charge is -2.21. The predicted octanol–water partition coefficient (Wildman–Crippen LogP) is 2.12. The number of hydrogen-bond acceptors (Lipinski definition) is 3. The normalized spacial score (nSPS) is 12.8. The molecule has 1 aromatic carbocycles. The third kappa shape index (κ3) is 4.63. The maximum atomic E-state index is 13.5. The summed E-state index contributed by atoms with van der Waals surface area (Å²) in [5.74, 6) is 0.569. The van der Waals surface area contributed by atoms with Crippen molar-refractivity contribution < 1.29 is 9.13 Å². The molecule has 0 bridgehead atoms. The molecule has 0 aromatic heterocycles. The molecule has 3 nitrogen and oxygen atoms in total. The Hall–Kier alpha value is -1.13. The fourth-order valence-corrected chi connectivity index (χ4v) is 2.13. The number of ether oxygens (including phenoxy) is 1. The smallest absolute Gasteiger partial charge is 0.165 e. The topological polar surface area (TPSA) is 24.5 Å². The lowest BCUT2D eigenvalue weighted by Crippen LogP contribution is -2.29. The van der Waals surface area contributed by atoms with Crippen LogP contribution >= 0.6 is 0 Å². The van der Waals surface area contributed by atoms with E-state index in [1.165, 1.54) is 13.2 Å². The molecule has 0 aliphatic rings. The lowest BCUT2D eigenvalue weighted by atomic mass is 10.1. The van der Waals surface area contributed by atoms with Gasteiger partial charge in [-0.1, -0.05) is 13.0 Å². The van der Waals surface area contributed by atoms with Crippen molar-refractivity contribution in [3.8, 4) is 5.75 Å². The summed E-state index contributed by atoms with van der Waals surface area (Å²) in [5, 5.41) is 3.16. The van der Waals surface area contributed by atoms with E-state index in [1.54, 1.807) is 6.07 Å². The molecule has 0 amide bonds.